The number of hydrogen-bond donors (Lipinski definition) is 0. The zero-order valence-electron chi connectivity index (χ0n) is 37.4. The second-order valence-corrected chi connectivity index (χ2v) is 17.1. The second-order valence-electron chi connectivity index (χ2n) is 16.4. The van der Waals surface area contributed by atoms with Crippen molar-refractivity contribution < 1.29 is 21.9 Å². The molecule has 4 nitrogen and oxygen atoms in total. The van der Waals surface area contributed by atoms with Crippen LogP contribution in [0.1, 0.15) is 262 Å². The summed E-state index contributed by atoms with van der Waals surface area (Å²) in [6, 6.07) is 0. The van der Waals surface area contributed by atoms with Crippen LogP contribution in [-0.4, -0.2) is 67.0 Å². The van der Waals surface area contributed by atoms with Crippen molar-refractivity contribution in [3.63, 3.8) is 0 Å². The Kier molecular flexibility index (Phi) is 55.3. The second kappa shape index (κ2) is 50.7. The fourth-order valence-corrected chi connectivity index (χ4v) is 7.85. The minimum atomic E-state index is -0.277. The summed E-state index contributed by atoms with van der Waals surface area (Å²) < 4.78 is 10.7. The molecule has 0 aliphatic heterocycles. The van der Waals surface area contributed by atoms with Crippen molar-refractivity contribution in [1.29, 1.82) is 0 Å². The van der Waals surface area contributed by atoms with E-state index in [1.165, 1.54) is 193 Å². The van der Waals surface area contributed by atoms with Crippen molar-refractivity contribution in [2.24, 2.45) is 5.41 Å². The van der Waals surface area contributed by atoms with Gasteiger partial charge in [0.2, 0.25) is 0 Å². The van der Waals surface area contributed by atoms with Gasteiger partial charge in [0.1, 0.15) is 5.78 Å². The number of carbonyl (C=O) groups is 2. The molecule has 0 aromatic carbocycles. The number of Topliss-reactive ketones (excluding diaryl/α,β-unsaturated/α-hetero) is 1. The molecule has 55 heavy (non-hydrogen) atoms. The Hall–Kier alpha value is 0.599. The smallest absolute Gasteiger partial charge is 0.790 e. The number of esters is 1. The number of hydrogen-bond acceptors (Lipinski definition) is 6. The molecule has 0 unspecified atom stereocenters. The maximum atomic E-state index is 12.8. The van der Waals surface area contributed by atoms with Crippen LogP contribution in [0.5, 0.6) is 0 Å². The van der Waals surface area contributed by atoms with E-state index in [0.29, 0.717) is 12.4 Å². The van der Waals surface area contributed by atoms with E-state index in [1.54, 1.807) is 0 Å². The van der Waals surface area contributed by atoms with E-state index in [1.807, 2.05) is 0 Å². The van der Waals surface area contributed by atoms with Gasteiger partial charge in [-0.3, -0.25) is 9.59 Å². The van der Waals surface area contributed by atoms with Crippen molar-refractivity contribution in [3.05, 3.63) is 0 Å². The fraction of sp³-hybridized carbons (Fsp3) is 0.958. The van der Waals surface area contributed by atoms with Crippen LogP contribution in [0.25, 0.3) is 0 Å². The predicted octanol–water partition coefficient (Wildman–Crippen LogP) is 15.4. The summed E-state index contributed by atoms with van der Waals surface area (Å²) in [6.45, 7) is 11.2. The number of ether oxygens (including phenoxy) is 2. The number of ketones is 1. The minimum Gasteiger partial charge on any atom is -0.790 e. The molecule has 0 atom stereocenters. The minimum absolute atomic E-state index is 0. The molecule has 330 valence electrons. The molecule has 7 heteroatoms. The van der Waals surface area contributed by atoms with Crippen molar-refractivity contribution in [3.8, 4) is 0 Å². The summed E-state index contributed by atoms with van der Waals surface area (Å²) in [5.41, 5.74) is 0.216. The van der Waals surface area contributed by atoms with Gasteiger partial charge in [-0.15, -0.1) is 0 Å². The standard InChI is InChI=1S/C32H62O3S.C16H34OS.Sn.2H2/c1-4-7-10-13-16-19-24-32(25-20-17-14-11-8-5-2,26-21-28-35-31(34)29-36)27-23-30(33)22-18-15-12-9-6-3;1-2-3-4-5-6-7-8-9-10-11-12-13-14-17-15-16-18;;;/h36H,4-29H2,1-3H3;18H,2-16H2,1H3;;2*1H/q;;+2;;/p-2. The van der Waals surface area contributed by atoms with Crippen molar-refractivity contribution >= 4 is 60.9 Å². The van der Waals surface area contributed by atoms with E-state index in [9.17, 15) is 9.59 Å². The van der Waals surface area contributed by atoms with Gasteiger partial charge in [0, 0.05) is 28.9 Å². The van der Waals surface area contributed by atoms with Crippen LogP contribution in [0, 0.1) is 5.41 Å². The Labute approximate surface area is 376 Å². The number of unbranched alkanes of at least 4 members (excludes halogenated alkanes) is 25. The van der Waals surface area contributed by atoms with Crippen LogP contribution < -0.4 is 0 Å². The molecule has 0 rings (SSSR count). The van der Waals surface area contributed by atoms with Gasteiger partial charge in [0.05, 0.1) is 6.61 Å². The van der Waals surface area contributed by atoms with Gasteiger partial charge in [-0.05, 0) is 50.4 Å². The summed E-state index contributed by atoms with van der Waals surface area (Å²) in [6.07, 6.45) is 45.4. The summed E-state index contributed by atoms with van der Waals surface area (Å²) >= 11 is 9.64. The third kappa shape index (κ3) is 47.2. The molecule has 0 aromatic rings. The number of carbonyl (C=O) groups excluding carboxylic acids is 2. The average Bonchev–Trinajstić information content (AvgIpc) is 3.18. The van der Waals surface area contributed by atoms with Gasteiger partial charge in [0.25, 0.3) is 5.97 Å². The van der Waals surface area contributed by atoms with Crippen molar-refractivity contribution in [2.45, 2.75) is 259 Å². The topological polar surface area (TPSA) is 52.6 Å². The molecule has 0 saturated carbocycles. The molecular formula is C48H98O4S2Sn. The summed E-state index contributed by atoms with van der Waals surface area (Å²) in [7, 11) is 0. The molecule has 0 aliphatic rings. The molecule has 0 aromatic heterocycles. The zero-order valence-corrected chi connectivity index (χ0v) is 41.9. The van der Waals surface area contributed by atoms with Gasteiger partial charge in [0.15, 0.2) is 0 Å². The van der Waals surface area contributed by atoms with E-state index < -0.39 is 0 Å². The molecule has 0 heterocycles. The molecule has 0 bridgehead atoms. The molecule has 0 spiro atoms. The van der Waals surface area contributed by atoms with Crippen molar-refractivity contribution in [2.75, 3.05) is 31.3 Å². The molecule has 0 amide bonds. The maximum Gasteiger partial charge on any atom is 2.00 e. The Morgan fingerprint density at radius 1 is 0.436 bits per heavy atom. The Bertz CT molecular complexity index is 734. The maximum absolute atomic E-state index is 12.8. The van der Waals surface area contributed by atoms with Gasteiger partial charge in [-0.25, -0.2) is 0 Å². The third-order valence-corrected chi connectivity index (χ3v) is 11.6. The van der Waals surface area contributed by atoms with Crippen molar-refractivity contribution in [1.82, 2.24) is 0 Å². The Morgan fingerprint density at radius 3 is 1.24 bits per heavy atom. The van der Waals surface area contributed by atoms with Crippen LogP contribution >= 0.6 is 0 Å². The van der Waals surface area contributed by atoms with Crippen LogP contribution in [-0.2, 0) is 44.3 Å². The third-order valence-electron chi connectivity index (χ3n) is 11.2. The van der Waals surface area contributed by atoms with Crippen LogP contribution in [0.3, 0.4) is 0 Å². The van der Waals surface area contributed by atoms with E-state index >= 15 is 0 Å². The fourth-order valence-electron chi connectivity index (χ4n) is 7.65. The number of rotatable bonds is 43. The zero-order chi connectivity index (χ0) is 40.1. The molecule has 0 fully saturated rings. The summed E-state index contributed by atoms with van der Waals surface area (Å²) in [5, 5.41) is 0. The van der Waals surface area contributed by atoms with Crippen LogP contribution in [0.15, 0.2) is 0 Å². The molecule has 0 saturated heterocycles. The molecule has 2 radical (unpaired) electrons. The van der Waals surface area contributed by atoms with Gasteiger partial charge in [-0.1, -0.05) is 207 Å². The summed E-state index contributed by atoms with van der Waals surface area (Å²) in [4.78, 5) is 24.3. The van der Waals surface area contributed by atoms with Gasteiger partial charge >= 0.3 is 23.9 Å². The van der Waals surface area contributed by atoms with E-state index in [-0.39, 0.29) is 43.9 Å². The first-order valence-corrected chi connectivity index (χ1v) is 25.0. The monoisotopic (exact) mass is 923 g/mol. The van der Waals surface area contributed by atoms with E-state index in [2.05, 4.69) is 27.7 Å². The molecule has 0 N–H and O–H groups in total. The van der Waals surface area contributed by atoms with Gasteiger partial charge < -0.3 is 34.7 Å². The Balaban J connectivity index is -0.000000364. The van der Waals surface area contributed by atoms with Gasteiger partial charge in [-0.2, -0.15) is 5.75 Å². The van der Waals surface area contributed by atoms with Crippen LogP contribution in [0.4, 0.5) is 0 Å². The first-order chi connectivity index (χ1) is 26.4. The van der Waals surface area contributed by atoms with E-state index in [4.69, 9.17) is 34.7 Å². The first-order valence-electron chi connectivity index (χ1n) is 23.9. The summed E-state index contributed by atoms with van der Waals surface area (Å²) in [5.74, 6) is 0.950. The SMILES string of the molecule is CCCCCCCCC(CCCCCCCC)(CCCOC(=O)C[S-])CCC(=O)CCCCCCC.CCCCCCCCCCCCCCOCC[S-].[HH].[HH].[Sn+2]. The predicted molar refractivity (Wildman–Crippen MR) is 253 cm³/mol. The normalized spacial score (nSPS) is 11.2. The first kappa shape index (κ1) is 59.9. The largest absolute Gasteiger partial charge is 2.00 e. The van der Waals surface area contributed by atoms with E-state index in [0.717, 1.165) is 57.5 Å². The Morgan fingerprint density at radius 2 is 0.818 bits per heavy atom. The molecule has 0 aliphatic carbocycles. The quantitative estimate of drug-likeness (QED) is 0.0263. The average molecular weight is 922 g/mol. The van der Waals surface area contributed by atoms with Crippen LogP contribution in [0.2, 0.25) is 0 Å². The molecular weight excluding hydrogens is 823 g/mol.